The van der Waals surface area contributed by atoms with Gasteiger partial charge < -0.3 is 14.2 Å². The topological polar surface area (TPSA) is 44.8 Å². The first kappa shape index (κ1) is 11.2. The second-order valence-electron chi connectivity index (χ2n) is 3.71. The van der Waals surface area contributed by atoms with E-state index in [1.807, 2.05) is 13.8 Å². The average molecular weight is 200 g/mol. The molecule has 0 saturated carbocycles. The van der Waals surface area contributed by atoms with Crippen LogP contribution in [0, 0.1) is 0 Å². The number of esters is 1. The molecule has 1 aliphatic heterocycles. The lowest BCUT2D eigenvalue weighted by atomic mass is 10.2. The van der Waals surface area contributed by atoms with Crippen LogP contribution in [-0.4, -0.2) is 31.6 Å². The van der Waals surface area contributed by atoms with Crippen LogP contribution in [-0.2, 0) is 19.0 Å². The molecule has 1 fully saturated rings. The van der Waals surface area contributed by atoms with Crippen LogP contribution in [0.1, 0.15) is 20.8 Å². The van der Waals surface area contributed by atoms with Gasteiger partial charge in [0.25, 0.3) is 0 Å². The van der Waals surface area contributed by atoms with Gasteiger partial charge in [0.05, 0.1) is 13.7 Å². The van der Waals surface area contributed by atoms with Crippen LogP contribution in [0.3, 0.4) is 0 Å². The van der Waals surface area contributed by atoms with Gasteiger partial charge in [-0.2, -0.15) is 0 Å². The van der Waals surface area contributed by atoms with Crippen molar-refractivity contribution in [1.29, 1.82) is 0 Å². The molecule has 0 aromatic carbocycles. The maximum atomic E-state index is 11.1. The van der Waals surface area contributed by atoms with Crippen molar-refractivity contribution >= 4 is 5.97 Å². The molecule has 80 valence electrons. The Morgan fingerprint density at radius 2 is 2.21 bits per heavy atom. The van der Waals surface area contributed by atoms with Crippen LogP contribution in [0.15, 0.2) is 11.6 Å². The molecule has 1 saturated heterocycles. The Morgan fingerprint density at radius 1 is 1.57 bits per heavy atom. The van der Waals surface area contributed by atoms with Crippen LogP contribution in [0.25, 0.3) is 0 Å². The number of hydrogen-bond donors (Lipinski definition) is 0. The molecule has 4 heteroatoms. The van der Waals surface area contributed by atoms with Crippen molar-refractivity contribution in [3.63, 3.8) is 0 Å². The van der Waals surface area contributed by atoms with Crippen molar-refractivity contribution in [2.24, 2.45) is 0 Å². The molecule has 0 radical (unpaired) electrons. The van der Waals surface area contributed by atoms with Crippen molar-refractivity contribution in [1.82, 2.24) is 0 Å². The molecule has 1 rings (SSSR count). The predicted molar refractivity (Wildman–Crippen MR) is 50.7 cm³/mol. The summed E-state index contributed by atoms with van der Waals surface area (Å²) < 4.78 is 15.4. The van der Waals surface area contributed by atoms with Gasteiger partial charge in [0.2, 0.25) is 0 Å². The molecule has 0 bridgehead atoms. The lowest BCUT2D eigenvalue weighted by Gasteiger charge is -2.15. The van der Waals surface area contributed by atoms with Crippen molar-refractivity contribution in [3.8, 4) is 0 Å². The Bertz CT molecular complexity index is 255. The molecule has 1 aliphatic rings. The monoisotopic (exact) mass is 200 g/mol. The summed E-state index contributed by atoms with van der Waals surface area (Å²) in [5.41, 5.74) is 0.541. The summed E-state index contributed by atoms with van der Waals surface area (Å²) in [5, 5.41) is 0. The van der Waals surface area contributed by atoms with E-state index in [0.717, 1.165) is 0 Å². The number of hydrogen-bond acceptors (Lipinski definition) is 4. The van der Waals surface area contributed by atoms with Crippen molar-refractivity contribution < 1.29 is 19.0 Å². The van der Waals surface area contributed by atoms with Gasteiger partial charge in [0.1, 0.15) is 6.10 Å². The van der Waals surface area contributed by atoms with E-state index in [1.54, 1.807) is 13.0 Å². The molecule has 1 heterocycles. The molecule has 0 aliphatic carbocycles. The smallest absolute Gasteiger partial charge is 0.333 e. The summed E-state index contributed by atoms with van der Waals surface area (Å²) >= 11 is 0. The van der Waals surface area contributed by atoms with Gasteiger partial charge in [0.15, 0.2) is 5.79 Å². The minimum absolute atomic E-state index is 0.163. The van der Waals surface area contributed by atoms with E-state index in [4.69, 9.17) is 9.47 Å². The van der Waals surface area contributed by atoms with Gasteiger partial charge in [-0.25, -0.2) is 4.79 Å². The maximum Gasteiger partial charge on any atom is 0.333 e. The highest BCUT2D eigenvalue weighted by Gasteiger charge is 2.31. The zero-order valence-electron chi connectivity index (χ0n) is 8.99. The zero-order valence-corrected chi connectivity index (χ0v) is 8.99. The number of rotatable bonds is 2. The van der Waals surface area contributed by atoms with Gasteiger partial charge in [-0.05, 0) is 26.8 Å². The molecule has 0 N–H and O–H groups in total. The molecule has 0 aromatic rings. The number of methoxy groups -OCH3 is 1. The van der Waals surface area contributed by atoms with E-state index in [2.05, 4.69) is 4.74 Å². The van der Waals surface area contributed by atoms with Crippen molar-refractivity contribution in [2.75, 3.05) is 13.7 Å². The highest BCUT2D eigenvalue weighted by atomic mass is 16.7. The number of ether oxygens (including phenoxy) is 3. The minimum atomic E-state index is -0.558. The van der Waals surface area contributed by atoms with E-state index in [9.17, 15) is 4.79 Å². The largest absolute Gasteiger partial charge is 0.466 e. The average Bonchev–Trinajstić information content (AvgIpc) is 2.44. The normalized spacial score (nSPS) is 26.3. The summed E-state index contributed by atoms with van der Waals surface area (Å²) in [6, 6.07) is 0. The quantitative estimate of drug-likeness (QED) is 0.497. The zero-order chi connectivity index (χ0) is 10.8. The first-order valence-electron chi connectivity index (χ1n) is 4.53. The molecular formula is C10H16O4. The van der Waals surface area contributed by atoms with Gasteiger partial charge in [-0.3, -0.25) is 0 Å². The summed E-state index contributed by atoms with van der Waals surface area (Å²) in [7, 11) is 1.36. The molecule has 1 atom stereocenters. The first-order chi connectivity index (χ1) is 6.44. The molecule has 0 aromatic heterocycles. The third-order valence-corrected chi connectivity index (χ3v) is 1.97. The Kier molecular flexibility index (Phi) is 3.29. The van der Waals surface area contributed by atoms with Gasteiger partial charge in [-0.1, -0.05) is 0 Å². The fourth-order valence-corrected chi connectivity index (χ4v) is 1.31. The highest BCUT2D eigenvalue weighted by Crippen LogP contribution is 2.23. The van der Waals surface area contributed by atoms with E-state index in [-0.39, 0.29) is 12.1 Å². The summed E-state index contributed by atoms with van der Waals surface area (Å²) in [5.74, 6) is -0.893. The lowest BCUT2D eigenvalue weighted by molar-refractivity contribution is -0.137. The minimum Gasteiger partial charge on any atom is -0.466 e. The van der Waals surface area contributed by atoms with Crippen molar-refractivity contribution in [2.45, 2.75) is 32.7 Å². The van der Waals surface area contributed by atoms with Gasteiger partial charge in [-0.15, -0.1) is 0 Å². The molecule has 4 nitrogen and oxygen atoms in total. The molecule has 14 heavy (non-hydrogen) atoms. The van der Waals surface area contributed by atoms with Crippen LogP contribution in [0.4, 0.5) is 0 Å². The fraction of sp³-hybridized carbons (Fsp3) is 0.700. The predicted octanol–water partition coefficient (Wildman–Crippen LogP) is 1.26. The Labute approximate surface area is 83.8 Å². The first-order valence-corrected chi connectivity index (χ1v) is 4.53. The van der Waals surface area contributed by atoms with Crippen LogP contribution in [0.5, 0.6) is 0 Å². The number of carbonyl (C=O) groups is 1. The van der Waals surface area contributed by atoms with Gasteiger partial charge >= 0.3 is 5.97 Å². The third kappa shape index (κ3) is 2.82. The van der Waals surface area contributed by atoms with Crippen LogP contribution in [0.2, 0.25) is 0 Å². The van der Waals surface area contributed by atoms with E-state index >= 15 is 0 Å². The molecule has 0 amide bonds. The third-order valence-electron chi connectivity index (χ3n) is 1.97. The Morgan fingerprint density at radius 3 is 2.64 bits per heavy atom. The Balaban J connectivity index is 2.57. The van der Waals surface area contributed by atoms with Gasteiger partial charge in [0, 0.05) is 5.57 Å². The standard InChI is InChI=1S/C10H16O4/c1-7(9(11)12-4)5-8-6-13-10(2,3)14-8/h5,8H,6H2,1-4H3/b7-5-/t8-/m0/s1. The second-order valence-corrected chi connectivity index (χ2v) is 3.71. The second kappa shape index (κ2) is 4.11. The summed E-state index contributed by atoms with van der Waals surface area (Å²) in [6.07, 6.45) is 1.56. The lowest BCUT2D eigenvalue weighted by Crippen LogP contribution is -2.21. The van der Waals surface area contributed by atoms with Crippen LogP contribution < -0.4 is 0 Å². The summed E-state index contributed by atoms with van der Waals surface area (Å²) in [4.78, 5) is 11.1. The fourth-order valence-electron chi connectivity index (χ4n) is 1.31. The molecule has 0 spiro atoms. The van der Waals surface area contributed by atoms with E-state index < -0.39 is 5.79 Å². The van der Waals surface area contributed by atoms with Crippen LogP contribution >= 0.6 is 0 Å². The van der Waals surface area contributed by atoms with E-state index in [0.29, 0.717) is 12.2 Å². The summed E-state index contributed by atoms with van der Waals surface area (Å²) in [6.45, 7) is 5.85. The van der Waals surface area contributed by atoms with E-state index in [1.165, 1.54) is 7.11 Å². The molecule has 0 unspecified atom stereocenters. The Hall–Kier alpha value is -0.870. The number of carbonyl (C=O) groups excluding carboxylic acids is 1. The highest BCUT2D eigenvalue weighted by molar-refractivity contribution is 5.87. The maximum absolute atomic E-state index is 11.1. The molecular weight excluding hydrogens is 184 g/mol. The van der Waals surface area contributed by atoms with Crippen molar-refractivity contribution in [3.05, 3.63) is 11.6 Å². The SMILES string of the molecule is COC(=O)/C(C)=C\[C@H]1COC(C)(C)O1.